The number of aliphatic hydroxyl groups is 2. The third kappa shape index (κ3) is 6.63. The molecular formula is C23H24ClF3N4O9P2. The molecule has 5 N–H and O–H groups in total. The van der Waals surface area contributed by atoms with Crippen molar-refractivity contribution in [2.45, 2.75) is 49.5 Å². The van der Waals surface area contributed by atoms with Gasteiger partial charge < -0.3 is 34.2 Å². The van der Waals surface area contributed by atoms with Gasteiger partial charge in [-0.15, -0.1) is 0 Å². The van der Waals surface area contributed by atoms with Crippen LogP contribution in [0.5, 0.6) is 0 Å². The van der Waals surface area contributed by atoms with Crippen molar-refractivity contribution in [2.24, 2.45) is 4.99 Å². The summed E-state index contributed by atoms with van der Waals surface area (Å²) in [6.07, 6.45) is -6.46. The van der Waals surface area contributed by atoms with Crippen molar-refractivity contribution < 1.29 is 56.5 Å². The van der Waals surface area contributed by atoms with E-state index in [1.54, 1.807) is 6.21 Å². The first kappa shape index (κ1) is 31.2. The Hall–Kier alpha value is -2.23. The summed E-state index contributed by atoms with van der Waals surface area (Å²) in [4.78, 5) is 36.3. The number of aliphatic hydroxyl groups excluding tert-OH is 2. The number of hydrogen-bond acceptors (Lipinski definition) is 9. The Morgan fingerprint density at radius 3 is 2.62 bits per heavy atom. The molecule has 2 unspecified atom stereocenters. The Bertz CT molecular complexity index is 1630. The van der Waals surface area contributed by atoms with Crippen molar-refractivity contribution in [2.75, 3.05) is 12.5 Å². The average Bonchev–Trinajstić information content (AvgIpc) is 3.55. The van der Waals surface area contributed by atoms with Crippen LogP contribution >= 0.6 is 26.8 Å². The van der Waals surface area contributed by atoms with Crippen molar-refractivity contribution in [1.29, 1.82) is 0 Å². The molecule has 1 fully saturated rings. The first-order valence-electron chi connectivity index (χ1n) is 12.3. The van der Waals surface area contributed by atoms with Gasteiger partial charge >= 0.3 is 21.4 Å². The molecule has 0 saturated carbocycles. The van der Waals surface area contributed by atoms with E-state index in [2.05, 4.69) is 15.1 Å². The van der Waals surface area contributed by atoms with E-state index in [-0.39, 0.29) is 16.7 Å². The van der Waals surface area contributed by atoms with Crippen molar-refractivity contribution >= 4 is 49.7 Å². The van der Waals surface area contributed by atoms with Crippen molar-refractivity contribution in [1.82, 2.24) is 14.8 Å². The van der Waals surface area contributed by atoms with Gasteiger partial charge in [0.1, 0.15) is 23.5 Å². The number of aliphatic imine (C=N–C) groups is 1. The molecule has 19 heteroatoms. The van der Waals surface area contributed by atoms with Gasteiger partial charge in [-0.2, -0.15) is 18.3 Å². The molecule has 3 aromatic rings. The smallest absolute Gasteiger partial charge is 0.387 e. The lowest BCUT2D eigenvalue weighted by atomic mass is 10.0. The Balaban J connectivity index is 1.36. The minimum atomic E-state index is -4.88. The van der Waals surface area contributed by atoms with Crippen molar-refractivity contribution in [3.8, 4) is 0 Å². The maximum absolute atomic E-state index is 13.1. The molecule has 0 amide bonds. The van der Waals surface area contributed by atoms with Crippen LogP contribution in [-0.2, 0) is 31.0 Å². The summed E-state index contributed by atoms with van der Waals surface area (Å²) in [5, 5.41) is 25.6. The molecule has 13 nitrogen and oxygen atoms in total. The molecule has 42 heavy (non-hydrogen) atoms. The van der Waals surface area contributed by atoms with Crippen LogP contribution in [0, 0.1) is 0 Å². The Kier molecular flexibility index (Phi) is 8.44. The zero-order chi connectivity index (χ0) is 30.6. The molecule has 2 aromatic heterocycles. The second-order valence-electron chi connectivity index (χ2n) is 9.91. The SMILES string of the molecule is O=P(O)(O)CP(=O)(O)OC[C@H]1O[C@@H](n2ncc3c(N=CC4CCc5cc(C(F)(F)F)ccc54)cc(Cl)nc32)[C@H](O)[C@@H]1O. The van der Waals surface area contributed by atoms with Gasteiger partial charge in [0.15, 0.2) is 17.8 Å². The van der Waals surface area contributed by atoms with Gasteiger partial charge in [-0.3, -0.25) is 14.1 Å². The zero-order valence-corrected chi connectivity index (χ0v) is 23.8. The number of rotatable bonds is 8. The van der Waals surface area contributed by atoms with Gasteiger partial charge in [-0.25, -0.2) is 9.67 Å². The predicted octanol–water partition coefficient (Wildman–Crippen LogP) is 3.49. The number of nitrogens with zero attached hydrogens (tertiary/aromatic N) is 4. The van der Waals surface area contributed by atoms with E-state index in [1.165, 1.54) is 18.3 Å². The number of pyridine rings is 1. The molecule has 1 aliphatic carbocycles. The van der Waals surface area contributed by atoms with Gasteiger partial charge in [-0.05, 0) is 36.1 Å². The molecule has 6 atom stereocenters. The highest BCUT2D eigenvalue weighted by atomic mass is 35.5. The van der Waals surface area contributed by atoms with Crippen molar-refractivity contribution in [3.63, 3.8) is 0 Å². The molecule has 0 bridgehead atoms. The van der Waals surface area contributed by atoms with Gasteiger partial charge in [0.05, 0.1) is 29.4 Å². The van der Waals surface area contributed by atoms with E-state index in [1.807, 2.05) is 0 Å². The van der Waals surface area contributed by atoms with E-state index in [9.17, 15) is 37.4 Å². The summed E-state index contributed by atoms with van der Waals surface area (Å²) < 4.78 is 73.7. The number of hydrogen-bond donors (Lipinski definition) is 5. The average molecular weight is 655 g/mol. The van der Waals surface area contributed by atoms with Crippen LogP contribution in [0.15, 0.2) is 35.5 Å². The molecule has 1 saturated heterocycles. The second-order valence-corrected chi connectivity index (χ2v) is 14.3. The van der Waals surface area contributed by atoms with Crippen LogP contribution in [0.2, 0.25) is 5.15 Å². The number of aromatic nitrogens is 3. The Morgan fingerprint density at radius 1 is 1.19 bits per heavy atom. The zero-order valence-electron chi connectivity index (χ0n) is 21.2. The Labute approximate surface area is 240 Å². The van der Waals surface area contributed by atoms with E-state index >= 15 is 0 Å². The van der Waals surface area contributed by atoms with Gasteiger partial charge in [0, 0.05) is 18.2 Å². The third-order valence-electron chi connectivity index (χ3n) is 6.88. The highest BCUT2D eigenvalue weighted by molar-refractivity contribution is 7.70. The summed E-state index contributed by atoms with van der Waals surface area (Å²) in [7, 11) is -9.63. The minimum Gasteiger partial charge on any atom is -0.387 e. The first-order chi connectivity index (χ1) is 19.5. The highest BCUT2D eigenvalue weighted by Crippen LogP contribution is 2.55. The summed E-state index contributed by atoms with van der Waals surface area (Å²) in [5.74, 6) is -1.69. The summed E-state index contributed by atoms with van der Waals surface area (Å²) >= 11 is 6.21. The lowest BCUT2D eigenvalue weighted by molar-refractivity contribution is -0.137. The van der Waals surface area contributed by atoms with E-state index in [0.29, 0.717) is 29.5 Å². The quantitative estimate of drug-likeness (QED) is 0.135. The largest absolute Gasteiger partial charge is 0.416 e. The highest BCUT2D eigenvalue weighted by Gasteiger charge is 2.46. The van der Waals surface area contributed by atoms with Crippen LogP contribution in [0.1, 0.15) is 35.3 Å². The molecule has 2 aliphatic rings. The van der Waals surface area contributed by atoms with E-state index in [4.69, 9.17) is 30.6 Å². The molecule has 5 rings (SSSR count). The minimum absolute atomic E-state index is 0.00962. The Morgan fingerprint density at radius 2 is 1.93 bits per heavy atom. The maximum Gasteiger partial charge on any atom is 0.416 e. The number of fused-ring (bicyclic) bond motifs is 2. The normalized spacial score (nSPS) is 26.3. The fourth-order valence-electron chi connectivity index (χ4n) is 4.95. The van der Waals surface area contributed by atoms with Crippen LogP contribution in [0.3, 0.4) is 0 Å². The number of aryl methyl sites for hydroxylation is 1. The maximum atomic E-state index is 13.1. The van der Waals surface area contributed by atoms with Crippen molar-refractivity contribution in [3.05, 3.63) is 52.3 Å². The molecule has 0 spiro atoms. The summed E-state index contributed by atoms with van der Waals surface area (Å²) in [5.41, 5.74) is 1.04. The molecule has 0 radical (unpaired) electrons. The van der Waals surface area contributed by atoms with Gasteiger partial charge in [-0.1, -0.05) is 17.7 Å². The summed E-state index contributed by atoms with van der Waals surface area (Å²) in [6, 6.07) is 5.08. The summed E-state index contributed by atoms with van der Waals surface area (Å²) in [6.45, 7) is -0.779. The molecule has 3 heterocycles. The van der Waals surface area contributed by atoms with E-state index < -0.39 is 64.0 Å². The topological polar surface area (TPSA) is 197 Å². The third-order valence-corrected chi connectivity index (χ3v) is 10.5. The van der Waals surface area contributed by atoms with Gasteiger partial charge in [0.2, 0.25) is 0 Å². The molecule has 228 valence electrons. The fraction of sp³-hybridized carbons (Fsp3) is 0.435. The van der Waals surface area contributed by atoms with Crippen LogP contribution < -0.4 is 0 Å². The monoisotopic (exact) mass is 654 g/mol. The molecular weight excluding hydrogens is 631 g/mol. The lowest BCUT2D eigenvalue weighted by Crippen LogP contribution is -2.33. The first-order valence-corrected chi connectivity index (χ1v) is 16.3. The predicted molar refractivity (Wildman–Crippen MR) is 142 cm³/mol. The number of alkyl halides is 3. The lowest BCUT2D eigenvalue weighted by Gasteiger charge is -2.18. The van der Waals surface area contributed by atoms with Crippen LogP contribution in [0.4, 0.5) is 18.9 Å². The van der Waals surface area contributed by atoms with Gasteiger partial charge in [0.25, 0.3) is 0 Å². The number of halogens is 4. The number of ether oxygens (including phenoxy) is 1. The second kappa shape index (κ2) is 11.4. The molecule has 1 aromatic carbocycles. The van der Waals surface area contributed by atoms with E-state index in [0.717, 1.165) is 22.4 Å². The van der Waals surface area contributed by atoms with Crippen LogP contribution in [0.25, 0.3) is 11.0 Å². The fourth-order valence-corrected chi connectivity index (χ4v) is 7.70. The molecule has 1 aliphatic heterocycles. The number of benzene rings is 1. The standard InChI is InChI=1S/C23H24ClF3N4O9P2/c24-18-6-16(28-7-12-2-1-11-5-13(23(25,26)27)3-4-14(11)12)15-8-29-31(21(15)30-18)22-20(33)19(32)17(40-22)9-39-42(37,38)10-41(34,35)36/h3-8,12,17,19-20,22,32-33H,1-2,9-10H2,(H,37,38)(H2,34,35,36)/t12?,17-,19-,20-,22-/m1/s1. The van der Waals surface area contributed by atoms with Crippen LogP contribution in [-0.4, -0.2) is 76.7 Å².